The van der Waals surface area contributed by atoms with Crippen LogP contribution < -0.4 is 15.4 Å². The molecule has 0 radical (unpaired) electrons. The van der Waals surface area contributed by atoms with E-state index in [1.54, 1.807) is 13.3 Å². The Morgan fingerprint density at radius 2 is 1.81 bits per heavy atom. The van der Waals surface area contributed by atoms with Crippen molar-refractivity contribution in [3.05, 3.63) is 60.3 Å². The lowest BCUT2D eigenvalue weighted by atomic mass is 10.1. The Morgan fingerprint density at radius 1 is 1.08 bits per heavy atom. The molecular formula is C21H23N3O2. The number of unbranched alkanes of at least 4 members (excludes halogenated alkanes) is 1. The molecule has 134 valence electrons. The molecule has 0 aliphatic carbocycles. The van der Waals surface area contributed by atoms with Gasteiger partial charge in [0.05, 0.1) is 18.4 Å². The summed E-state index contributed by atoms with van der Waals surface area (Å²) in [7, 11) is 1.63. The Morgan fingerprint density at radius 3 is 2.58 bits per heavy atom. The summed E-state index contributed by atoms with van der Waals surface area (Å²) in [6.07, 6.45) is 3.63. The van der Waals surface area contributed by atoms with Gasteiger partial charge in [-0.1, -0.05) is 49.7 Å². The van der Waals surface area contributed by atoms with Gasteiger partial charge in [-0.2, -0.15) is 0 Å². The number of hydrogen-bond donors (Lipinski definition) is 2. The zero-order valence-electron chi connectivity index (χ0n) is 15.1. The monoisotopic (exact) mass is 349 g/mol. The zero-order valence-corrected chi connectivity index (χ0v) is 15.1. The number of benzene rings is 2. The maximum Gasteiger partial charge on any atom is 0.253 e. The molecule has 5 nitrogen and oxygen atoms in total. The Balaban J connectivity index is 1.96. The van der Waals surface area contributed by atoms with E-state index in [4.69, 9.17) is 4.74 Å². The van der Waals surface area contributed by atoms with E-state index in [9.17, 15) is 4.79 Å². The molecule has 0 atom stereocenters. The summed E-state index contributed by atoms with van der Waals surface area (Å²) >= 11 is 0. The van der Waals surface area contributed by atoms with E-state index in [0.717, 1.165) is 35.1 Å². The number of rotatable bonds is 7. The van der Waals surface area contributed by atoms with Crippen LogP contribution in [-0.2, 0) is 0 Å². The summed E-state index contributed by atoms with van der Waals surface area (Å²) in [5.74, 6) is 1.33. The zero-order chi connectivity index (χ0) is 18.4. The van der Waals surface area contributed by atoms with Crippen molar-refractivity contribution in [2.24, 2.45) is 0 Å². The van der Waals surface area contributed by atoms with Crippen LogP contribution in [0.3, 0.4) is 0 Å². The number of nitrogens with one attached hydrogen (secondary N) is 2. The van der Waals surface area contributed by atoms with Crippen LogP contribution in [0, 0.1) is 0 Å². The van der Waals surface area contributed by atoms with Crippen molar-refractivity contribution < 1.29 is 9.53 Å². The maximum absolute atomic E-state index is 12.5. The Labute approximate surface area is 153 Å². The molecule has 0 spiro atoms. The molecule has 0 saturated carbocycles. The maximum atomic E-state index is 12.5. The Bertz CT molecular complexity index is 909. The van der Waals surface area contributed by atoms with Crippen molar-refractivity contribution in [2.75, 3.05) is 19.0 Å². The molecule has 3 rings (SSSR count). The third kappa shape index (κ3) is 3.77. The van der Waals surface area contributed by atoms with Crippen molar-refractivity contribution in [2.45, 2.75) is 19.8 Å². The van der Waals surface area contributed by atoms with Gasteiger partial charge in [0.25, 0.3) is 5.91 Å². The molecule has 0 aliphatic heterocycles. The topological polar surface area (TPSA) is 63.2 Å². The first kappa shape index (κ1) is 17.7. The lowest BCUT2D eigenvalue weighted by molar-refractivity contribution is 0.0954. The minimum Gasteiger partial charge on any atom is -0.495 e. The molecule has 5 heteroatoms. The third-order valence-electron chi connectivity index (χ3n) is 4.22. The second-order valence-corrected chi connectivity index (χ2v) is 6.00. The van der Waals surface area contributed by atoms with Crippen molar-refractivity contribution in [1.29, 1.82) is 0 Å². The van der Waals surface area contributed by atoms with Crippen LogP contribution in [0.1, 0.15) is 30.1 Å². The molecule has 2 aromatic carbocycles. The van der Waals surface area contributed by atoms with Gasteiger partial charge in [0.2, 0.25) is 0 Å². The highest BCUT2D eigenvalue weighted by atomic mass is 16.5. The van der Waals surface area contributed by atoms with Crippen LogP contribution in [-0.4, -0.2) is 24.5 Å². The average molecular weight is 349 g/mol. The average Bonchev–Trinajstić information content (AvgIpc) is 2.68. The van der Waals surface area contributed by atoms with Gasteiger partial charge >= 0.3 is 0 Å². The summed E-state index contributed by atoms with van der Waals surface area (Å²) in [5, 5.41) is 8.04. The van der Waals surface area contributed by atoms with Crippen LogP contribution in [0.5, 0.6) is 5.75 Å². The van der Waals surface area contributed by atoms with E-state index < -0.39 is 0 Å². The van der Waals surface area contributed by atoms with Crippen molar-refractivity contribution in [3.8, 4) is 5.75 Å². The van der Waals surface area contributed by atoms with Crippen molar-refractivity contribution in [3.63, 3.8) is 0 Å². The summed E-state index contributed by atoms with van der Waals surface area (Å²) in [6, 6.07) is 15.4. The number of pyridine rings is 1. The highest BCUT2D eigenvalue weighted by Crippen LogP contribution is 2.31. The number of para-hydroxylation sites is 2. The lowest BCUT2D eigenvalue weighted by Crippen LogP contribution is -2.24. The minimum atomic E-state index is -0.0917. The highest BCUT2D eigenvalue weighted by Gasteiger charge is 2.14. The van der Waals surface area contributed by atoms with E-state index in [1.807, 2.05) is 48.5 Å². The lowest BCUT2D eigenvalue weighted by Gasteiger charge is -2.14. The third-order valence-corrected chi connectivity index (χ3v) is 4.22. The van der Waals surface area contributed by atoms with Gasteiger partial charge in [0, 0.05) is 18.1 Å². The van der Waals surface area contributed by atoms with E-state index in [2.05, 4.69) is 22.5 Å². The molecule has 0 aliphatic rings. The molecule has 3 aromatic rings. The van der Waals surface area contributed by atoms with E-state index in [0.29, 0.717) is 17.9 Å². The second-order valence-electron chi connectivity index (χ2n) is 6.00. The van der Waals surface area contributed by atoms with Gasteiger partial charge in [0.1, 0.15) is 11.6 Å². The minimum absolute atomic E-state index is 0.0917. The molecule has 0 saturated heterocycles. The summed E-state index contributed by atoms with van der Waals surface area (Å²) < 4.78 is 5.39. The molecule has 0 fully saturated rings. The molecule has 2 N–H and O–H groups in total. The predicted octanol–water partition coefficient (Wildman–Crippen LogP) is 4.52. The number of fused-ring (bicyclic) bond motifs is 1. The smallest absolute Gasteiger partial charge is 0.253 e. The summed E-state index contributed by atoms with van der Waals surface area (Å²) in [4.78, 5) is 17.0. The van der Waals surface area contributed by atoms with Gasteiger partial charge in [-0.15, -0.1) is 0 Å². The number of carbonyl (C=O) groups excluding carboxylic acids is 1. The summed E-state index contributed by atoms with van der Waals surface area (Å²) in [5.41, 5.74) is 1.41. The van der Waals surface area contributed by atoms with E-state index in [1.165, 1.54) is 0 Å². The van der Waals surface area contributed by atoms with Crippen molar-refractivity contribution in [1.82, 2.24) is 10.3 Å². The van der Waals surface area contributed by atoms with Gasteiger partial charge in [-0.3, -0.25) is 4.79 Å². The number of methoxy groups -OCH3 is 1. The summed E-state index contributed by atoms with van der Waals surface area (Å²) in [6.45, 7) is 2.77. The number of hydrogen-bond acceptors (Lipinski definition) is 4. The number of aromatic nitrogens is 1. The molecule has 1 heterocycles. The number of nitrogens with zero attached hydrogens (tertiary/aromatic N) is 1. The first-order valence-electron chi connectivity index (χ1n) is 8.80. The second kappa shape index (κ2) is 8.34. The Kier molecular flexibility index (Phi) is 5.69. The first-order chi connectivity index (χ1) is 12.7. The molecular weight excluding hydrogens is 326 g/mol. The van der Waals surface area contributed by atoms with Crippen LogP contribution in [0.4, 0.5) is 11.5 Å². The predicted molar refractivity (Wildman–Crippen MR) is 105 cm³/mol. The van der Waals surface area contributed by atoms with Gasteiger partial charge < -0.3 is 15.4 Å². The van der Waals surface area contributed by atoms with Gasteiger partial charge in [0.15, 0.2) is 0 Å². The van der Waals surface area contributed by atoms with Crippen LogP contribution in [0.2, 0.25) is 0 Å². The van der Waals surface area contributed by atoms with Gasteiger partial charge in [-0.05, 0) is 23.9 Å². The molecule has 1 aromatic heterocycles. The SMILES string of the molecule is CCCCNC(=O)c1cnc(Nc2ccccc2OC)c2ccccc12. The van der Waals surface area contributed by atoms with Crippen molar-refractivity contribution >= 4 is 28.2 Å². The Hall–Kier alpha value is -3.08. The largest absolute Gasteiger partial charge is 0.495 e. The molecule has 0 unspecified atom stereocenters. The number of anilines is 2. The highest BCUT2D eigenvalue weighted by molar-refractivity contribution is 6.09. The molecule has 0 bridgehead atoms. The van der Waals surface area contributed by atoms with Crippen LogP contribution in [0.25, 0.3) is 10.8 Å². The van der Waals surface area contributed by atoms with E-state index >= 15 is 0 Å². The fourth-order valence-corrected chi connectivity index (χ4v) is 2.82. The first-order valence-corrected chi connectivity index (χ1v) is 8.80. The normalized spacial score (nSPS) is 10.5. The number of carbonyl (C=O) groups is 1. The number of ether oxygens (including phenoxy) is 1. The van der Waals surface area contributed by atoms with Crippen LogP contribution in [0.15, 0.2) is 54.7 Å². The molecule has 26 heavy (non-hydrogen) atoms. The van der Waals surface area contributed by atoms with Crippen LogP contribution >= 0.6 is 0 Å². The fraction of sp³-hybridized carbons (Fsp3) is 0.238. The van der Waals surface area contributed by atoms with Gasteiger partial charge in [-0.25, -0.2) is 4.98 Å². The quantitative estimate of drug-likeness (QED) is 0.616. The van der Waals surface area contributed by atoms with E-state index in [-0.39, 0.29) is 5.91 Å². The number of amides is 1. The molecule has 1 amide bonds. The standard InChI is InChI=1S/C21H23N3O2/c1-3-4-13-22-21(25)17-14-23-20(16-10-6-5-9-15(16)17)24-18-11-7-8-12-19(18)26-2/h5-12,14H,3-4,13H2,1-2H3,(H,22,25)(H,23,24). The fourth-order valence-electron chi connectivity index (χ4n) is 2.82.